The molecule has 2 N–H and O–H groups in total. The second-order valence-corrected chi connectivity index (χ2v) is 5.99. The molecule has 1 unspecified atom stereocenters. The van der Waals surface area contributed by atoms with Gasteiger partial charge in [0.05, 0.1) is 5.02 Å². The Morgan fingerprint density at radius 3 is 2.40 bits per heavy atom. The fraction of sp³-hybridized carbons (Fsp3) is 0.429. The summed E-state index contributed by atoms with van der Waals surface area (Å²) in [6.07, 6.45) is -0.274. The maximum Gasteiger partial charge on any atom is 0.408 e. The number of halogens is 1. The highest BCUT2D eigenvalue weighted by Gasteiger charge is 2.34. The van der Waals surface area contributed by atoms with Gasteiger partial charge in [-0.25, -0.2) is 4.79 Å². The van der Waals surface area contributed by atoms with Crippen LogP contribution in [0.15, 0.2) is 18.2 Å². The van der Waals surface area contributed by atoms with E-state index in [1.807, 2.05) is 0 Å². The van der Waals surface area contributed by atoms with Crippen molar-refractivity contribution in [1.29, 1.82) is 0 Å². The molecule has 0 aromatic heterocycles. The highest BCUT2D eigenvalue weighted by Crippen LogP contribution is 2.34. The maximum absolute atomic E-state index is 11.8. The number of carbonyl (C=O) groups excluding carboxylic acids is 2. The average molecular weight is 300 g/mol. The fourth-order valence-electron chi connectivity index (χ4n) is 1.69. The zero-order valence-electron chi connectivity index (χ0n) is 11.9. The van der Waals surface area contributed by atoms with E-state index in [4.69, 9.17) is 16.3 Å². The molecule has 0 saturated carbocycles. The number of phenols is 1. The molecule has 0 radical (unpaired) electrons. The maximum atomic E-state index is 11.8. The lowest BCUT2D eigenvalue weighted by Gasteiger charge is -2.28. The van der Waals surface area contributed by atoms with Gasteiger partial charge >= 0.3 is 6.09 Å². The van der Waals surface area contributed by atoms with Gasteiger partial charge in [-0.1, -0.05) is 17.7 Å². The summed E-state index contributed by atoms with van der Waals surface area (Å²) in [5.41, 5.74) is -2.05. The van der Waals surface area contributed by atoms with Gasteiger partial charge in [-0.3, -0.25) is 0 Å². The lowest BCUT2D eigenvalue weighted by atomic mass is 9.93. The summed E-state index contributed by atoms with van der Waals surface area (Å²) in [4.78, 5) is 23.2. The summed E-state index contributed by atoms with van der Waals surface area (Å²) in [5.74, 6) is -0.178. The molecule has 110 valence electrons. The summed E-state index contributed by atoms with van der Waals surface area (Å²) in [5, 5.41) is 12.5. The van der Waals surface area contributed by atoms with Crippen molar-refractivity contribution in [3.8, 4) is 5.75 Å². The molecule has 0 fully saturated rings. The number of ether oxygens (including phenoxy) is 1. The Hall–Kier alpha value is -1.75. The van der Waals surface area contributed by atoms with Gasteiger partial charge in [0.2, 0.25) is 0 Å². The molecule has 0 aliphatic carbocycles. The van der Waals surface area contributed by atoms with Gasteiger partial charge in [-0.05, 0) is 39.8 Å². The molecule has 1 rings (SSSR count). The Morgan fingerprint density at radius 2 is 1.95 bits per heavy atom. The molecule has 0 heterocycles. The Kier molecular flexibility index (Phi) is 4.65. The van der Waals surface area contributed by atoms with Gasteiger partial charge in [0, 0.05) is 5.56 Å². The predicted octanol–water partition coefficient (Wildman–Crippen LogP) is 2.98. The van der Waals surface area contributed by atoms with E-state index in [0.29, 0.717) is 6.29 Å². The van der Waals surface area contributed by atoms with Crippen LogP contribution in [-0.4, -0.2) is 23.1 Å². The standard InChI is InChI=1S/C14H18ClNO4/c1-13(2,3)20-12(19)16-14(4,8-17)11-9(15)6-5-7-10(11)18/h5-8,18H,1-4H3,(H,16,19). The first-order valence-electron chi connectivity index (χ1n) is 6.04. The van der Waals surface area contributed by atoms with Gasteiger partial charge in [-0.15, -0.1) is 0 Å². The molecule has 0 aliphatic heterocycles. The molecule has 1 aromatic rings. The van der Waals surface area contributed by atoms with E-state index in [9.17, 15) is 14.7 Å². The van der Waals surface area contributed by atoms with E-state index in [2.05, 4.69) is 5.32 Å². The number of hydrogen-bond acceptors (Lipinski definition) is 4. The number of hydrogen-bond donors (Lipinski definition) is 2. The highest BCUT2D eigenvalue weighted by atomic mass is 35.5. The lowest BCUT2D eigenvalue weighted by molar-refractivity contribution is -0.113. The van der Waals surface area contributed by atoms with E-state index in [-0.39, 0.29) is 16.3 Å². The number of alkyl carbamates (subject to hydrolysis) is 1. The van der Waals surface area contributed by atoms with Crippen molar-refractivity contribution in [1.82, 2.24) is 5.32 Å². The Morgan fingerprint density at radius 1 is 1.35 bits per heavy atom. The normalized spacial score (nSPS) is 14.2. The van der Waals surface area contributed by atoms with Gasteiger partial charge in [0.1, 0.15) is 23.2 Å². The third kappa shape index (κ3) is 3.87. The smallest absolute Gasteiger partial charge is 0.408 e. The molecule has 1 amide bonds. The minimum absolute atomic E-state index is 0.127. The van der Waals surface area contributed by atoms with E-state index >= 15 is 0 Å². The second-order valence-electron chi connectivity index (χ2n) is 5.58. The van der Waals surface area contributed by atoms with E-state index < -0.39 is 17.2 Å². The van der Waals surface area contributed by atoms with Gasteiger partial charge < -0.3 is 20.0 Å². The monoisotopic (exact) mass is 299 g/mol. The van der Waals surface area contributed by atoms with Crippen molar-refractivity contribution in [2.75, 3.05) is 0 Å². The molecule has 0 aliphatic rings. The summed E-state index contributed by atoms with van der Waals surface area (Å²) >= 11 is 6.00. The summed E-state index contributed by atoms with van der Waals surface area (Å²) in [7, 11) is 0. The van der Waals surface area contributed by atoms with Crippen LogP contribution in [0.25, 0.3) is 0 Å². The van der Waals surface area contributed by atoms with Gasteiger partial charge in [-0.2, -0.15) is 0 Å². The third-order valence-electron chi connectivity index (χ3n) is 2.51. The molecule has 20 heavy (non-hydrogen) atoms. The van der Waals surface area contributed by atoms with Crippen LogP contribution in [0.2, 0.25) is 5.02 Å². The number of amides is 1. The van der Waals surface area contributed by atoms with Crippen molar-refractivity contribution >= 4 is 24.0 Å². The summed E-state index contributed by atoms with van der Waals surface area (Å²) < 4.78 is 5.10. The number of aromatic hydroxyl groups is 1. The van der Waals surface area contributed by atoms with Gasteiger partial charge in [0.15, 0.2) is 0 Å². The van der Waals surface area contributed by atoms with Crippen LogP contribution in [0.1, 0.15) is 33.3 Å². The van der Waals surface area contributed by atoms with E-state index in [0.717, 1.165) is 0 Å². The first-order valence-corrected chi connectivity index (χ1v) is 6.42. The summed E-state index contributed by atoms with van der Waals surface area (Å²) in [6, 6.07) is 4.45. The van der Waals surface area contributed by atoms with Crippen LogP contribution in [0.3, 0.4) is 0 Å². The van der Waals surface area contributed by atoms with Crippen LogP contribution in [0.5, 0.6) is 5.75 Å². The Balaban J connectivity index is 3.10. The van der Waals surface area contributed by atoms with Crippen LogP contribution in [-0.2, 0) is 15.1 Å². The minimum Gasteiger partial charge on any atom is -0.508 e. The number of rotatable bonds is 3. The molecular weight excluding hydrogens is 282 g/mol. The largest absolute Gasteiger partial charge is 0.508 e. The average Bonchev–Trinajstić information content (AvgIpc) is 2.25. The number of carbonyl (C=O) groups is 2. The molecule has 0 saturated heterocycles. The Labute approximate surface area is 122 Å². The zero-order chi connectivity index (χ0) is 15.6. The predicted molar refractivity (Wildman–Crippen MR) is 75.9 cm³/mol. The Bertz CT molecular complexity index is 504. The zero-order valence-corrected chi connectivity index (χ0v) is 12.6. The highest BCUT2D eigenvalue weighted by molar-refractivity contribution is 6.32. The molecular formula is C14H18ClNO4. The van der Waals surface area contributed by atoms with Crippen LogP contribution < -0.4 is 5.32 Å². The first-order chi connectivity index (χ1) is 9.09. The van der Waals surface area contributed by atoms with Gasteiger partial charge in [0.25, 0.3) is 0 Å². The molecule has 5 nitrogen and oxygen atoms in total. The molecule has 1 aromatic carbocycles. The molecule has 0 bridgehead atoms. The van der Waals surface area contributed by atoms with Crippen LogP contribution in [0.4, 0.5) is 4.79 Å². The summed E-state index contributed by atoms with van der Waals surface area (Å²) in [6.45, 7) is 6.55. The first kappa shape index (κ1) is 16.3. The van der Waals surface area contributed by atoms with E-state index in [1.54, 1.807) is 26.8 Å². The van der Waals surface area contributed by atoms with E-state index in [1.165, 1.54) is 19.1 Å². The van der Waals surface area contributed by atoms with Crippen molar-refractivity contribution in [3.63, 3.8) is 0 Å². The number of benzene rings is 1. The quantitative estimate of drug-likeness (QED) is 0.841. The SMILES string of the molecule is CC(C)(C)OC(=O)NC(C)(C=O)c1c(O)cccc1Cl. The lowest BCUT2D eigenvalue weighted by Crippen LogP contribution is -2.47. The van der Waals surface area contributed by atoms with Crippen LogP contribution >= 0.6 is 11.6 Å². The molecule has 6 heteroatoms. The van der Waals surface area contributed by atoms with Crippen molar-refractivity contribution in [2.24, 2.45) is 0 Å². The molecule has 0 spiro atoms. The molecule has 1 atom stereocenters. The van der Waals surface area contributed by atoms with Crippen molar-refractivity contribution in [2.45, 2.75) is 38.8 Å². The van der Waals surface area contributed by atoms with Crippen molar-refractivity contribution < 1.29 is 19.4 Å². The fourth-order valence-corrected chi connectivity index (χ4v) is 2.06. The number of nitrogens with one attached hydrogen (secondary N) is 1. The van der Waals surface area contributed by atoms with Crippen LogP contribution in [0, 0.1) is 0 Å². The number of aldehydes is 1. The topological polar surface area (TPSA) is 75.6 Å². The third-order valence-corrected chi connectivity index (χ3v) is 2.82. The minimum atomic E-state index is -1.48. The second kappa shape index (κ2) is 5.71. The number of phenolic OH excluding ortho intramolecular Hbond substituents is 1. The van der Waals surface area contributed by atoms with Crippen molar-refractivity contribution in [3.05, 3.63) is 28.8 Å².